The van der Waals surface area contributed by atoms with Gasteiger partial charge in [0.05, 0.1) is 14.2 Å². The zero-order valence-corrected chi connectivity index (χ0v) is 20.4. The van der Waals surface area contributed by atoms with Gasteiger partial charge >= 0.3 is 0 Å². The molecule has 0 spiro atoms. The summed E-state index contributed by atoms with van der Waals surface area (Å²) in [4.78, 5) is 0. The molecule has 156 valence electrons. The van der Waals surface area contributed by atoms with Crippen LogP contribution in [0.25, 0.3) is 21.9 Å². The number of fused-ring (bicyclic) bond motifs is 4. The van der Waals surface area contributed by atoms with Crippen LogP contribution in [0.5, 0.6) is 17.2 Å². The zero-order valence-electron chi connectivity index (χ0n) is 19.4. The lowest BCUT2D eigenvalue weighted by Crippen LogP contribution is -2.44. The van der Waals surface area contributed by atoms with Crippen molar-refractivity contribution in [2.24, 2.45) is 0 Å². The van der Waals surface area contributed by atoms with E-state index in [4.69, 9.17) is 13.9 Å². The molecule has 0 radical (unpaired) electrons. The fourth-order valence-electron chi connectivity index (χ4n) is 4.14. The van der Waals surface area contributed by atoms with Gasteiger partial charge in [0.2, 0.25) is 0 Å². The summed E-state index contributed by atoms with van der Waals surface area (Å²) in [6, 6.07) is 12.8. The quantitative estimate of drug-likeness (QED) is 0.433. The second-order valence-corrected chi connectivity index (χ2v) is 14.5. The summed E-state index contributed by atoms with van der Waals surface area (Å²) < 4.78 is 18.1. The highest BCUT2D eigenvalue weighted by Crippen LogP contribution is 2.48. The molecular weight excluding hydrogens is 387 g/mol. The molecule has 1 aliphatic carbocycles. The van der Waals surface area contributed by atoms with Crippen molar-refractivity contribution < 1.29 is 13.9 Å². The van der Waals surface area contributed by atoms with E-state index in [2.05, 4.69) is 72.0 Å². The molecule has 0 amide bonds. The van der Waals surface area contributed by atoms with Gasteiger partial charge in [-0.1, -0.05) is 38.4 Å². The summed E-state index contributed by atoms with van der Waals surface area (Å²) in [6.07, 6.45) is 0.861. The van der Waals surface area contributed by atoms with Crippen molar-refractivity contribution >= 4 is 32.4 Å². The molecule has 0 fully saturated rings. The maximum absolute atomic E-state index is 7.02. The molecule has 4 rings (SSSR count). The zero-order chi connectivity index (χ0) is 21.8. The van der Waals surface area contributed by atoms with E-state index in [1.54, 1.807) is 14.2 Å². The Hall–Kier alpha value is -2.40. The molecule has 0 unspecified atom stereocenters. The van der Waals surface area contributed by atoms with Gasteiger partial charge in [-0.25, -0.2) is 0 Å². The van der Waals surface area contributed by atoms with E-state index < -0.39 is 8.32 Å². The molecule has 3 aromatic rings. The van der Waals surface area contributed by atoms with E-state index in [0.29, 0.717) is 0 Å². The average Bonchev–Trinajstić information content (AvgIpc) is 3.08. The van der Waals surface area contributed by atoms with Crippen LogP contribution in [0, 0.1) is 0 Å². The first-order valence-corrected chi connectivity index (χ1v) is 13.5. The standard InChI is InChI=1S/C25H31BO3Si/c1-25(2,3)30(6,7)29-24-20-14-17(28-5)9-11-19(20)23(26)22-18-10-8-16(27-4)12-15(18)13-21(22)24/h8-12,14H,13,26H2,1-7H3. The van der Waals surface area contributed by atoms with Crippen LogP contribution in [0.2, 0.25) is 18.1 Å². The van der Waals surface area contributed by atoms with Crippen molar-refractivity contribution in [3.05, 3.63) is 47.5 Å². The molecule has 0 saturated carbocycles. The first kappa shape index (κ1) is 20.9. The van der Waals surface area contributed by atoms with Crippen molar-refractivity contribution in [2.75, 3.05) is 14.2 Å². The summed E-state index contributed by atoms with van der Waals surface area (Å²) >= 11 is 0. The van der Waals surface area contributed by atoms with Crippen molar-refractivity contribution in [2.45, 2.75) is 45.3 Å². The molecule has 1 aliphatic rings. The number of hydrogen-bond acceptors (Lipinski definition) is 3. The van der Waals surface area contributed by atoms with Crippen LogP contribution in [0.4, 0.5) is 0 Å². The van der Waals surface area contributed by atoms with Crippen LogP contribution >= 0.6 is 0 Å². The Morgan fingerprint density at radius 3 is 2.17 bits per heavy atom. The normalized spacial score (nSPS) is 13.2. The molecule has 30 heavy (non-hydrogen) atoms. The van der Waals surface area contributed by atoms with Gasteiger partial charge in [-0.05, 0) is 64.5 Å². The van der Waals surface area contributed by atoms with Gasteiger partial charge in [-0.3, -0.25) is 0 Å². The molecule has 0 heterocycles. The van der Waals surface area contributed by atoms with Crippen LogP contribution in [0.1, 0.15) is 31.9 Å². The average molecular weight is 418 g/mol. The van der Waals surface area contributed by atoms with Crippen LogP contribution in [-0.2, 0) is 6.42 Å². The lowest BCUT2D eigenvalue weighted by atomic mass is 9.81. The first-order valence-electron chi connectivity index (χ1n) is 10.6. The highest BCUT2D eigenvalue weighted by Gasteiger charge is 2.40. The topological polar surface area (TPSA) is 27.7 Å². The first-order chi connectivity index (χ1) is 14.1. The van der Waals surface area contributed by atoms with Crippen molar-refractivity contribution in [3.63, 3.8) is 0 Å². The molecule has 0 saturated heterocycles. The van der Waals surface area contributed by atoms with Crippen molar-refractivity contribution in [3.8, 4) is 28.4 Å². The van der Waals surface area contributed by atoms with Crippen LogP contribution < -0.4 is 19.4 Å². The number of hydrogen-bond donors (Lipinski definition) is 0. The van der Waals surface area contributed by atoms with E-state index in [1.807, 2.05) is 6.07 Å². The van der Waals surface area contributed by atoms with E-state index in [-0.39, 0.29) is 5.04 Å². The van der Waals surface area contributed by atoms with Crippen LogP contribution in [0.3, 0.4) is 0 Å². The maximum atomic E-state index is 7.02. The summed E-state index contributed by atoms with van der Waals surface area (Å²) in [5.74, 6) is 2.79. The molecule has 0 aliphatic heterocycles. The summed E-state index contributed by atoms with van der Waals surface area (Å²) in [7, 11) is 3.63. The molecule has 3 aromatic carbocycles. The Morgan fingerprint density at radius 2 is 1.53 bits per heavy atom. The van der Waals surface area contributed by atoms with E-state index in [0.717, 1.165) is 29.1 Å². The third-order valence-corrected chi connectivity index (χ3v) is 11.3. The summed E-state index contributed by atoms with van der Waals surface area (Å²) in [6.45, 7) is 11.5. The lowest BCUT2D eigenvalue weighted by Gasteiger charge is -2.37. The molecule has 5 heteroatoms. The minimum absolute atomic E-state index is 0.116. The minimum atomic E-state index is -2.04. The Bertz CT molecular complexity index is 1150. The molecule has 3 nitrogen and oxygen atoms in total. The second-order valence-electron chi connectivity index (χ2n) is 9.78. The third kappa shape index (κ3) is 3.20. The second kappa shape index (κ2) is 7.09. The highest BCUT2D eigenvalue weighted by molar-refractivity contribution is 6.74. The molecule has 0 aromatic heterocycles. The summed E-state index contributed by atoms with van der Waals surface area (Å²) in [5, 5.41) is 2.49. The number of benzene rings is 3. The Morgan fingerprint density at radius 1 is 0.900 bits per heavy atom. The number of ether oxygens (including phenoxy) is 2. The third-order valence-electron chi connectivity index (χ3n) is 6.94. The minimum Gasteiger partial charge on any atom is -0.543 e. The molecule has 0 atom stereocenters. The lowest BCUT2D eigenvalue weighted by molar-refractivity contribution is 0.414. The Kier molecular flexibility index (Phi) is 4.93. The maximum Gasteiger partial charge on any atom is 0.250 e. The van der Waals surface area contributed by atoms with E-state index in [9.17, 15) is 0 Å². The SMILES string of the molecule is Bc1c2c(c(O[Si](C)(C)C(C)(C)C)c3cc(OC)ccc13)Cc1cc(OC)ccc1-2. The molecule has 0 bridgehead atoms. The predicted molar refractivity (Wildman–Crippen MR) is 131 cm³/mol. The largest absolute Gasteiger partial charge is 0.543 e. The highest BCUT2D eigenvalue weighted by atomic mass is 28.4. The van der Waals surface area contributed by atoms with Gasteiger partial charge in [0.15, 0.2) is 0 Å². The van der Waals surface area contributed by atoms with E-state index >= 15 is 0 Å². The Balaban J connectivity index is 2.02. The van der Waals surface area contributed by atoms with Crippen LogP contribution in [0.15, 0.2) is 36.4 Å². The van der Waals surface area contributed by atoms with Crippen molar-refractivity contribution in [1.29, 1.82) is 0 Å². The smallest absolute Gasteiger partial charge is 0.250 e. The van der Waals surface area contributed by atoms with Crippen LogP contribution in [-0.4, -0.2) is 30.4 Å². The fourth-order valence-corrected chi connectivity index (χ4v) is 5.19. The van der Waals surface area contributed by atoms with Gasteiger partial charge in [0.25, 0.3) is 8.32 Å². The Labute approximate surface area is 181 Å². The van der Waals surface area contributed by atoms with Gasteiger partial charge < -0.3 is 13.9 Å². The number of rotatable bonds is 4. The van der Waals surface area contributed by atoms with Gasteiger partial charge in [-0.2, -0.15) is 0 Å². The van der Waals surface area contributed by atoms with Gasteiger partial charge in [0, 0.05) is 17.4 Å². The summed E-state index contributed by atoms with van der Waals surface area (Å²) in [5.41, 5.74) is 6.51. The molecular formula is C25H31BO3Si. The number of methoxy groups -OCH3 is 2. The predicted octanol–water partition coefficient (Wildman–Crippen LogP) is 5.07. The monoisotopic (exact) mass is 418 g/mol. The van der Waals surface area contributed by atoms with Gasteiger partial charge in [-0.15, -0.1) is 0 Å². The van der Waals surface area contributed by atoms with E-state index in [1.165, 1.54) is 33.1 Å². The molecule has 0 N–H and O–H groups in total. The fraction of sp³-hybridized carbons (Fsp3) is 0.360. The van der Waals surface area contributed by atoms with Gasteiger partial charge in [0.1, 0.15) is 25.1 Å². The van der Waals surface area contributed by atoms with Crippen molar-refractivity contribution in [1.82, 2.24) is 0 Å².